The minimum absolute atomic E-state index is 0.0966. The summed E-state index contributed by atoms with van der Waals surface area (Å²) in [6, 6.07) is 6.97. The molecule has 47 heavy (non-hydrogen) atoms. The van der Waals surface area contributed by atoms with Crippen LogP contribution in [0.4, 0.5) is 11.9 Å². The number of nitrogens with zero attached hydrogens (tertiary/aromatic N) is 6. The third kappa shape index (κ3) is 7.44. The molecule has 4 aromatic rings. The van der Waals surface area contributed by atoms with Gasteiger partial charge in [-0.3, -0.25) is 0 Å². The minimum Gasteiger partial charge on any atom is -0.460 e. The van der Waals surface area contributed by atoms with Crippen LogP contribution in [0.25, 0.3) is 0 Å². The number of esters is 2. The lowest BCUT2D eigenvalue weighted by Crippen LogP contribution is -2.29. The van der Waals surface area contributed by atoms with Crippen LogP contribution in [-0.4, -0.2) is 94.3 Å². The molecule has 0 radical (unpaired) electrons. The van der Waals surface area contributed by atoms with Crippen molar-refractivity contribution in [3.8, 4) is 0 Å². The van der Waals surface area contributed by atoms with E-state index < -0.39 is 24.0 Å². The van der Waals surface area contributed by atoms with Crippen molar-refractivity contribution < 1.29 is 33.3 Å². The van der Waals surface area contributed by atoms with Crippen molar-refractivity contribution in [2.75, 3.05) is 63.5 Å². The molecule has 17 heteroatoms. The van der Waals surface area contributed by atoms with Gasteiger partial charge in [0.15, 0.2) is 0 Å². The number of allylic oxidation sites excluding steroid dienone is 2. The molecule has 0 saturated heterocycles. The molecular weight excluding hydrogens is 649 g/mol. The number of rotatable bonds is 16. The fourth-order valence-electron chi connectivity index (χ4n) is 5.21. The Balaban J connectivity index is 0.831. The molecule has 0 spiro atoms. The van der Waals surface area contributed by atoms with Crippen molar-refractivity contribution in [1.82, 2.24) is 29.5 Å². The Kier molecular flexibility index (Phi) is 10.7. The Morgan fingerprint density at radius 1 is 0.681 bits per heavy atom. The number of thiophene rings is 2. The van der Waals surface area contributed by atoms with Crippen LogP contribution in [0.5, 0.6) is 0 Å². The third-order valence-corrected chi connectivity index (χ3v) is 9.17. The van der Waals surface area contributed by atoms with Crippen molar-refractivity contribution in [3.05, 3.63) is 80.0 Å². The number of fused-ring (bicyclic) bond motifs is 2. The summed E-state index contributed by atoms with van der Waals surface area (Å²) < 4.78 is 31.1. The van der Waals surface area contributed by atoms with Gasteiger partial charge in [-0.15, -0.1) is 22.7 Å². The maximum absolute atomic E-state index is 13.0. The molecular formula is C30H34N8O7S2. The quantitative estimate of drug-likeness (QED) is 0.131. The van der Waals surface area contributed by atoms with E-state index in [0.29, 0.717) is 60.9 Å². The number of nitrogens with one attached hydrogen (secondary N) is 2. The van der Waals surface area contributed by atoms with Crippen LogP contribution in [-0.2, 0) is 33.3 Å². The molecule has 0 amide bonds. The summed E-state index contributed by atoms with van der Waals surface area (Å²) in [5.41, 5.74) is 2.31. The van der Waals surface area contributed by atoms with E-state index in [1.165, 1.54) is 35.3 Å². The van der Waals surface area contributed by atoms with E-state index in [0.717, 1.165) is 9.75 Å². The molecule has 248 valence electrons. The van der Waals surface area contributed by atoms with E-state index in [1.807, 2.05) is 48.9 Å². The lowest BCUT2D eigenvalue weighted by atomic mass is 10.0. The van der Waals surface area contributed by atoms with Gasteiger partial charge in [0.2, 0.25) is 11.9 Å². The van der Waals surface area contributed by atoms with Crippen LogP contribution in [0.15, 0.2) is 70.2 Å². The van der Waals surface area contributed by atoms with Gasteiger partial charge in [-0.1, -0.05) is 12.1 Å². The van der Waals surface area contributed by atoms with Crippen LogP contribution in [0.3, 0.4) is 0 Å². The van der Waals surface area contributed by atoms with Crippen molar-refractivity contribution >= 4 is 46.5 Å². The average Bonchev–Trinajstić information content (AvgIpc) is 3.89. The number of hydrogen-bond acceptors (Lipinski definition) is 15. The van der Waals surface area contributed by atoms with E-state index in [9.17, 15) is 9.59 Å². The van der Waals surface area contributed by atoms with Gasteiger partial charge >= 0.3 is 11.9 Å². The molecule has 15 nitrogen and oxygen atoms in total. The molecule has 2 aliphatic rings. The smallest absolute Gasteiger partial charge is 0.338 e. The van der Waals surface area contributed by atoms with Crippen LogP contribution >= 0.6 is 22.7 Å². The minimum atomic E-state index is -0.439. The Labute approximate surface area is 278 Å². The fraction of sp³-hybridized carbons (Fsp3) is 0.400. The van der Waals surface area contributed by atoms with Gasteiger partial charge in [0.05, 0.1) is 50.8 Å². The van der Waals surface area contributed by atoms with Gasteiger partial charge < -0.3 is 34.3 Å². The molecule has 0 aromatic carbocycles. The summed E-state index contributed by atoms with van der Waals surface area (Å²) in [5, 5.41) is 18.8. The first-order valence-electron chi connectivity index (χ1n) is 14.9. The van der Waals surface area contributed by atoms with E-state index in [2.05, 4.69) is 30.8 Å². The predicted molar refractivity (Wildman–Crippen MR) is 172 cm³/mol. The van der Waals surface area contributed by atoms with Crippen LogP contribution in [0.2, 0.25) is 0 Å². The number of aromatic nitrogens is 6. The molecule has 2 atom stereocenters. The molecule has 0 bridgehead atoms. The van der Waals surface area contributed by atoms with Crippen molar-refractivity contribution in [1.29, 1.82) is 0 Å². The normalized spacial score (nSPS) is 17.1. The summed E-state index contributed by atoms with van der Waals surface area (Å²) in [5.74, 6) is 0.272. The highest BCUT2D eigenvalue weighted by atomic mass is 32.1. The summed E-state index contributed by atoms with van der Waals surface area (Å²) >= 11 is 3.07. The van der Waals surface area contributed by atoms with Crippen LogP contribution in [0, 0.1) is 0 Å². The second-order valence-corrected chi connectivity index (χ2v) is 12.3. The predicted octanol–water partition coefficient (Wildman–Crippen LogP) is 3.41. The molecule has 0 aliphatic carbocycles. The molecule has 6 heterocycles. The maximum atomic E-state index is 13.0. The van der Waals surface area contributed by atoms with E-state index in [4.69, 9.17) is 23.7 Å². The first-order valence-corrected chi connectivity index (χ1v) is 16.7. The zero-order valence-electron chi connectivity index (χ0n) is 25.8. The fourth-order valence-corrected chi connectivity index (χ4v) is 6.85. The highest BCUT2D eigenvalue weighted by Gasteiger charge is 2.36. The van der Waals surface area contributed by atoms with Crippen LogP contribution in [0.1, 0.15) is 35.7 Å². The lowest BCUT2D eigenvalue weighted by Gasteiger charge is -2.27. The second kappa shape index (κ2) is 15.4. The topological polar surface area (TPSA) is 166 Å². The third-order valence-electron chi connectivity index (χ3n) is 7.32. The van der Waals surface area contributed by atoms with Gasteiger partial charge in [-0.2, -0.15) is 20.2 Å². The van der Waals surface area contributed by atoms with Gasteiger partial charge in [0, 0.05) is 21.1 Å². The van der Waals surface area contributed by atoms with Gasteiger partial charge in [-0.05, 0) is 36.7 Å². The Morgan fingerprint density at radius 3 is 1.47 bits per heavy atom. The Hall–Kier alpha value is -4.42. The lowest BCUT2D eigenvalue weighted by molar-refractivity contribution is -0.141. The Morgan fingerprint density at radius 2 is 1.09 bits per heavy atom. The Bertz CT molecular complexity index is 1590. The number of carbonyl (C=O) groups is 2. The average molecular weight is 683 g/mol. The molecule has 2 aliphatic heterocycles. The summed E-state index contributed by atoms with van der Waals surface area (Å²) in [4.78, 5) is 36.5. The zero-order valence-corrected chi connectivity index (χ0v) is 27.4. The van der Waals surface area contributed by atoms with Crippen LogP contribution < -0.4 is 10.6 Å². The highest BCUT2D eigenvalue weighted by Crippen LogP contribution is 2.38. The SMILES string of the molecule is CC1=C(C(=O)OCCOCCOCCOCCOC(=O)C2=C(C)Nc3ncnn3C2c2cccs2)C(c2cccs2)n2ncnc2N1. The largest absolute Gasteiger partial charge is 0.460 e. The monoisotopic (exact) mass is 682 g/mol. The first-order chi connectivity index (χ1) is 23.0. The molecule has 2 N–H and O–H groups in total. The summed E-state index contributed by atoms with van der Waals surface area (Å²) in [6.45, 7) is 5.67. The summed E-state index contributed by atoms with van der Waals surface area (Å²) in [7, 11) is 0. The van der Waals surface area contributed by atoms with Crippen molar-refractivity contribution in [2.24, 2.45) is 0 Å². The van der Waals surface area contributed by atoms with E-state index in [-0.39, 0.29) is 26.4 Å². The highest BCUT2D eigenvalue weighted by molar-refractivity contribution is 7.10. The van der Waals surface area contributed by atoms with Crippen molar-refractivity contribution in [2.45, 2.75) is 25.9 Å². The van der Waals surface area contributed by atoms with E-state index >= 15 is 0 Å². The van der Waals surface area contributed by atoms with Gasteiger partial charge in [-0.25, -0.2) is 19.0 Å². The number of anilines is 2. The molecule has 6 rings (SSSR count). The van der Waals surface area contributed by atoms with E-state index in [1.54, 1.807) is 9.36 Å². The molecule has 4 aromatic heterocycles. The van der Waals surface area contributed by atoms with Gasteiger partial charge in [0.1, 0.15) is 38.0 Å². The molecule has 0 saturated carbocycles. The second-order valence-electron chi connectivity index (χ2n) is 10.3. The number of carbonyl (C=O) groups excluding carboxylic acids is 2. The number of hydrogen-bond donors (Lipinski definition) is 2. The number of ether oxygens (including phenoxy) is 5. The zero-order chi connectivity index (χ0) is 32.6. The molecule has 2 unspecified atom stereocenters. The molecule has 0 fully saturated rings. The maximum Gasteiger partial charge on any atom is 0.338 e. The van der Waals surface area contributed by atoms with Crippen molar-refractivity contribution in [3.63, 3.8) is 0 Å². The standard InChI is InChI=1S/C30H34N8O7S2/c1-19-23(25(21-5-3-15-46-21)37-29(35-19)31-17-33-37)27(39)44-13-11-42-9-7-41-8-10-43-12-14-45-28(40)24-20(2)36-30-32-18-34-38(30)26(24)22-6-4-16-47-22/h3-6,15-18,25-26H,7-14H2,1-2H3,(H,31,33,35)(H,32,34,36). The van der Waals surface area contributed by atoms with Gasteiger partial charge in [0.25, 0.3) is 0 Å². The summed E-state index contributed by atoms with van der Waals surface area (Å²) in [6.07, 6.45) is 2.91. The first kappa shape index (κ1) is 32.5.